The Morgan fingerprint density at radius 1 is 1.55 bits per heavy atom. The van der Waals surface area contributed by atoms with E-state index in [0.29, 0.717) is 10.6 Å². The quantitative estimate of drug-likeness (QED) is 0.680. The van der Waals surface area contributed by atoms with Crippen LogP contribution in [0, 0.1) is 0 Å². The number of phenols is 1. The van der Waals surface area contributed by atoms with Gasteiger partial charge in [0.2, 0.25) is 0 Å². The summed E-state index contributed by atoms with van der Waals surface area (Å²) < 4.78 is 0. The van der Waals surface area contributed by atoms with Gasteiger partial charge in [0.05, 0.1) is 0 Å². The fraction of sp³-hybridized carbons (Fsp3) is 0.250. The highest BCUT2D eigenvalue weighted by molar-refractivity contribution is 6.30. The monoisotopic (exact) mass is 171 g/mol. The van der Waals surface area contributed by atoms with Crippen molar-refractivity contribution in [2.24, 2.45) is 5.73 Å². The maximum atomic E-state index is 9.27. The van der Waals surface area contributed by atoms with Crippen molar-refractivity contribution in [2.75, 3.05) is 0 Å². The van der Waals surface area contributed by atoms with Crippen molar-refractivity contribution in [1.82, 2.24) is 0 Å². The van der Waals surface area contributed by atoms with Crippen molar-refractivity contribution in [3.63, 3.8) is 0 Å². The summed E-state index contributed by atoms with van der Waals surface area (Å²) in [5.74, 6) is 0.199. The largest absolute Gasteiger partial charge is 0.508 e. The summed E-state index contributed by atoms with van der Waals surface area (Å²) in [5, 5.41) is 9.86. The van der Waals surface area contributed by atoms with Crippen LogP contribution in [0.25, 0.3) is 0 Å². The molecule has 1 rings (SSSR count). The van der Waals surface area contributed by atoms with E-state index in [0.717, 1.165) is 0 Å². The predicted octanol–water partition coefficient (Wildman–Crippen LogP) is 2.07. The number of phenolic OH excluding ortho intramolecular Hbond substituents is 1. The lowest BCUT2D eigenvalue weighted by Gasteiger charge is -2.07. The normalized spacial score (nSPS) is 13.0. The average Bonchev–Trinajstić information content (AvgIpc) is 1.94. The van der Waals surface area contributed by atoms with Crippen LogP contribution in [0.1, 0.15) is 18.5 Å². The lowest BCUT2D eigenvalue weighted by Crippen LogP contribution is -2.04. The van der Waals surface area contributed by atoms with Crippen LogP contribution < -0.4 is 5.73 Å². The van der Waals surface area contributed by atoms with Gasteiger partial charge in [0.15, 0.2) is 0 Å². The lowest BCUT2D eigenvalue weighted by atomic mass is 10.1. The second-order valence-corrected chi connectivity index (χ2v) is 2.93. The van der Waals surface area contributed by atoms with Gasteiger partial charge in [-0.15, -0.1) is 0 Å². The fourth-order valence-corrected chi connectivity index (χ4v) is 1.07. The SMILES string of the molecule is C[C@H](N)c1cc(Cl)ccc1O. The zero-order chi connectivity index (χ0) is 8.43. The fourth-order valence-electron chi connectivity index (χ4n) is 0.890. The summed E-state index contributed by atoms with van der Waals surface area (Å²) in [6.45, 7) is 1.80. The molecule has 0 radical (unpaired) electrons. The van der Waals surface area contributed by atoms with Crippen LogP contribution in [-0.2, 0) is 0 Å². The summed E-state index contributed by atoms with van der Waals surface area (Å²) in [6, 6.07) is 4.65. The number of nitrogens with two attached hydrogens (primary N) is 1. The smallest absolute Gasteiger partial charge is 0.120 e. The molecule has 3 N–H and O–H groups in total. The zero-order valence-corrected chi connectivity index (χ0v) is 6.97. The van der Waals surface area contributed by atoms with Gasteiger partial charge in [-0.1, -0.05) is 11.6 Å². The first kappa shape index (κ1) is 8.37. The van der Waals surface area contributed by atoms with Crippen LogP contribution in [0.5, 0.6) is 5.75 Å². The molecule has 1 aromatic rings. The van der Waals surface area contributed by atoms with Gasteiger partial charge < -0.3 is 10.8 Å². The van der Waals surface area contributed by atoms with Crippen molar-refractivity contribution in [3.8, 4) is 5.75 Å². The molecule has 0 bridgehead atoms. The Balaban J connectivity index is 3.13. The van der Waals surface area contributed by atoms with Gasteiger partial charge in [0, 0.05) is 16.6 Å². The highest BCUT2D eigenvalue weighted by Gasteiger charge is 2.05. The van der Waals surface area contributed by atoms with Crippen LogP contribution >= 0.6 is 11.6 Å². The Kier molecular flexibility index (Phi) is 2.37. The Hall–Kier alpha value is -0.730. The number of rotatable bonds is 1. The minimum atomic E-state index is -0.186. The van der Waals surface area contributed by atoms with Gasteiger partial charge in [0.1, 0.15) is 5.75 Å². The first-order chi connectivity index (χ1) is 5.11. The number of hydrogen-bond donors (Lipinski definition) is 2. The standard InChI is InChI=1S/C8H10ClNO/c1-5(10)7-4-6(9)2-3-8(7)11/h2-5,11H,10H2,1H3/t5-/m0/s1. The minimum absolute atomic E-state index is 0.186. The molecule has 0 amide bonds. The first-order valence-corrected chi connectivity index (χ1v) is 3.73. The molecule has 0 fully saturated rings. The molecular weight excluding hydrogens is 162 g/mol. The molecule has 2 nitrogen and oxygen atoms in total. The maximum Gasteiger partial charge on any atom is 0.120 e. The molecule has 1 atom stereocenters. The van der Waals surface area contributed by atoms with Crippen molar-refractivity contribution < 1.29 is 5.11 Å². The van der Waals surface area contributed by atoms with Crippen molar-refractivity contribution >= 4 is 11.6 Å². The van der Waals surface area contributed by atoms with Gasteiger partial charge in [-0.25, -0.2) is 0 Å². The topological polar surface area (TPSA) is 46.2 Å². The van der Waals surface area contributed by atoms with Crippen LogP contribution in [0.15, 0.2) is 18.2 Å². The second kappa shape index (κ2) is 3.11. The molecular formula is C8H10ClNO. The van der Waals surface area contributed by atoms with Crippen LogP contribution in [-0.4, -0.2) is 5.11 Å². The van der Waals surface area contributed by atoms with Crippen molar-refractivity contribution in [1.29, 1.82) is 0 Å². The third kappa shape index (κ3) is 1.85. The van der Waals surface area contributed by atoms with Crippen molar-refractivity contribution in [2.45, 2.75) is 13.0 Å². The molecule has 0 saturated carbocycles. The number of halogens is 1. The molecule has 11 heavy (non-hydrogen) atoms. The molecule has 0 unspecified atom stereocenters. The van der Waals surface area contributed by atoms with Crippen LogP contribution in [0.3, 0.4) is 0 Å². The Morgan fingerprint density at radius 3 is 2.64 bits per heavy atom. The molecule has 0 spiro atoms. The molecule has 0 aliphatic heterocycles. The summed E-state index contributed by atoms with van der Waals surface area (Å²) in [5.41, 5.74) is 6.24. The Bertz CT molecular complexity index is 260. The number of aromatic hydroxyl groups is 1. The molecule has 0 saturated heterocycles. The first-order valence-electron chi connectivity index (χ1n) is 3.35. The predicted molar refractivity (Wildman–Crippen MR) is 45.7 cm³/mol. The third-order valence-electron chi connectivity index (χ3n) is 1.48. The van der Waals surface area contributed by atoms with Crippen molar-refractivity contribution in [3.05, 3.63) is 28.8 Å². The van der Waals surface area contributed by atoms with E-state index >= 15 is 0 Å². The lowest BCUT2D eigenvalue weighted by molar-refractivity contribution is 0.464. The number of hydrogen-bond acceptors (Lipinski definition) is 2. The van der Waals surface area contributed by atoms with E-state index < -0.39 is 0 Å². The average molecular weight is 172 g/mol. The van der Waals surface area contributed by atoms with Gasteiger partial charge in [-0.3, -0.25) is 0 Å². The third-order valence-corrected chi connectivity index (χ3v) is 1.72. The summed E-state index contributed by atoms with van der Waals surface area (Å²) in [7, 11) is 0. The van der Waals surface area contributed by atoms with Gasteiger partial charge in [-0.2, -0.15) is 0 Å². The zero-order valence-electron chi connectivity index (χ0n) is 6.21. The highest BCUT2D eigenvalue weighted by atomic mass is 35.5. The van der Waals surface area contributed by atoms with Gasteiger partial charge in [0.25, 0.3) is 0 Å². The minimum Gasteiger partial charge on any atom is -0.508 e. The van der Waals surface area contributed by atoms with E-state index in [4.69, 9.17) is 17.3 Å². The van der Waals surface area contributed by atoms with Crippen LogP contribution in [0.2, 0.25) is 5.02 Å². The highest BCUT2D eigenvalue weighted by Crippen LogP contribution is 2.25. The van der Waals surface area contributed by atoms with E-state index in [1.807, 2.05) is 0 Å². The molecule has 0 aromatic heterocycles. The molecule has 3 heteroatoms. The summed E-state index contributed by atoms with van der Waals surface area (Å²) >= 11 is 5.69. The van der Waals surface area contributed by atoms with E-state index in [1.165, 1.54) is 0 Å². The van der Waals surface area contributed by atoms with E-state index in [-0.39, 0.29) is 11.8 Å². The summed E-state index contributed by atoms with van der Waals surface area (Å²) in [4.78, 5) is 0. The number of benzene rings is 1. The Labute approximate surface area is 70.6 Å². The van der Waals surface area contributed by atoms with E-state index in [1.54, 1.807) is 25.1 Å². The van der Waals surface area contributed by atoms with E-state index in [9.17, 15) is 5.11 Å². The molecule has 0 aliphatic rings. The van der Waals surface area contributed by atoms with E-state index in [2.05, 4.69) is 0 Å². The molecule has 0 heterocycles. The van der Waals surface area contributed by atoms with Crippen LogP contribution in [0.4, 0.5) is 0 Å². The molecule has 1 aromatic carbocycles. The molecule has 0 aliphatic carbocycles. The molecule has 60 valence electrons. The van der Waals surface area contributed by atoms with Gasteiger partial charge in [-0.05, 0) is 25.1 Å². The second-order valence-electron chi connectivity index (χ2n) is 2.49. The summed E-state index contributed by atoms with van der Waals surface area (Å²) in [6.07, 6.45) is 0. The Morgan fingerprint density at radius 2 is 2.18 bits per heavy atom. The maximum absolute atomic E-state index is 9.27. The van der Waals surface area contributed by atoms with Gasteiger partial charge >= 0.3 is 0 Å².